The number of benzene rings is 4. The summed E-state index contributed by atoms with van der Waals surface area (Å²) in [7, 11) is 0. The van der Waals surface area contributed by atoms with Crippen LogP contribution in [0.25, 0.3) is 0 Å². The van der Waals surface area contributed by atoms with Crippen LogP contribution in [0.15, 0.2) is 121 Å². The zero-order valence-electron chi connectivity index (χ0n) is 26.4. The fourth-order valence-corrected chi connectivity index (χ4v) is 6.59. The van der Waals surface area contributed by atoms with E-state index in [2.05, 4.69) is 0 Å². The summed E-state index contributed by atoms with van der Waals surface area (Å²) in [6, 6.07) is 39.1. The van der Waals surface area contributed by atoms with Gasteiger partial charge in [0.1, 0.15) is 24.4 Å². The SMILES string of the molecule is OC1CCC([C@]2(O)O[C@H](COCc3ccccc3)[C@@H](OCc3ccccc3)[C@H](OCc3ccccc3)[C@H]2OCc2ccccc2)C1O. The maximum atomic E-state index is 12.6. The lowest BCUT2D eigenvalue weighted by molar-refractivity contribution is -0.392. The molecule has 0 spiro atoms. The van der Waals surface area contributed by atoms with Crippen LogP contribution in [0, 0.1) is 5.92 Å². The molecule has 1 aliphatic carbocycles. The molecule has 8 nitrogen and oxygen atoms in total. The van der Waals surface area contributed by atoms with Crippen molar-refractivity contribution in [3.63, 3.8) is 0 Å². The van der Waals surface area contributed by atoms with E-state index in [0.717, 1.165) is 22.3 Å². The molecule has 248 valence electrons. The molecule has 0 radical (unpaired) electrons. The summed E-state index contributed by atoms with van der Waals surface area (Å²) in [5.41, 5.74) is 3.81. The maximum Gasteiger partial charge on any atom is 0.200 e. The molecule has 6 rings (SSSR count). The first kappa shape index (κ1) is 33.5. The van der Waals surface area contributed by atoms with Crippen LogP contribution in [0.2, 0.25) is 0 Å². The quantitative estimate of drug-likeness (QED) is 0.173. The van der Waals surface area contributed by atoms with Crippen molar-refractivity contribution < 1.29 is 39.0 Å². The Hall–Kier alpha value is -3.44. The Morgan fingerprint density at radius 1 is 0.574 bits per heavy atom. The van der Waals surface area contributed by atoms with Gasteiger partial charge >= 0.3 is 0 Å². The molecule has 8 heteroatoms. The Morgan fingerprint density at radius 2 is 1.02 bits per heavy atom. The fraction of sp³-hybridized carbons (Fsp3) is 0.385. The van der Waals surface area contributed by atoms with Gasteiger partial charge in [0.2, 0.25) is 5.79 Å². The molecule has 0 aromatic heterocycles. The van der Waals surface area contributed by atoms with E-state index in [-0.39, 0.29) is 26.4 Å². The van der Waals surface area contributed by atoms with E-state index >= 15 is 0 Å². The number of rotatable bonds is 14. The van der Waals surface area contributed by atoms with Gasteiger partial charge < -0.3 is 39.0 Å². The smallest absolute Gasteiger partial charge is 0.200 e. The van der Waals surface area contributed by atoms with Crippen LogP contribution in [-0.2, 0) is 50.1 Å². The highest BCUT2D eigenvalue weighted by Crippen LogP contribution is 2.45. The second kappa shape index (κ2) is 16.1. The lowest BCUT2D eigenvalue weighted by Crippen LogP contribution is -2.70. The van der Waals surface area contributed by atoms with Crippen molar-refractivity contribution >= 4 is 0 Å². The van der Waals surface area contributed by atoms with E-state index in [9.17, 15) is 15.3 Å². The highest BCUT2D eigenvalue weighted by atomic mass is 16.7. The predicted octanol–water partition coefficient (Wildman–Crippen LogP) is 5.18. The van der Waals surface area contributed by atoms with Gasteiger partial charge in [-0.15, -0.1) is 0 Å². The van der Waals surface area contributed by atoms with E-state index in [0.29, 0.717) is 19.4 Å². The van der Waals surface area contributed by atoms with Crippen LogP contribution in [0.4, 0.5) is 0 Å². The highest BCUT2D eigenvalue weighted by molar-refractivity contribution is 5.17. The van der Waals surface area contributed by atoms with Crippen LogP contribution in [0.3, 0.4) is 0 Å². The van der Waals surface area contributed by atoms with Gasteiger partial charge in [-0.2, -0.15) is 0 Å². The lowest BCUT2D eigenvalue weighted by atomic mass is 9.82. The van der Waals surface area contributed by atoms with Gasteiger partial charge in [0.05, 0.1) is 45.2 Å². The molecule has 4 aromatic rings. The van der Waals surface area contributed by atoms with Gasteiger partial charge in [-0.3, -0.25) is 0 Å². The van der Waals surface area contributed by atoms with Crippen molar-refractivity contribution in [1.29, 1.82) is 0 Å². The number of hydrogen-bond acceptors (Lipinski definition) is 8. The van der Waals surface area contributed by atoms with Crippen molar-refractivity contribution in [3.05, 3.63) is 144 Å². The molecule has 1 saturated heterocycles. The van der Waals surface area contributed by atoms with E-state index < -0.39 is 48.3 Å². The van der Waals surface area contributed by atoms with E-state index in [4.69, 9.17) is 23.7 Å². The first-order valence-corrected chi connectivity index (χ1v) is 16.4. The second-order valence-electron chi connectivity index (χ2n) is 12.4. The Bertz CT molecular complexity index is 1470. The molecule has 1 heterocycles. The minimum Gasteiger partial charge on any atom is -0.390 e. The molecule has 1 saturated carbocycles. The molecule has 2 aliphatic rings. The summed E-state index contributed by atoms with van der Waals surface area (Å²) in [5, 5.41) is 34.4. The average molecular weight is 641 g/mol. The molecule has 4 aromatic carbocycles. The monoisotopic (exact) mass is 640 g/mol. The zero-order chi connectivity index (χ0) is 32.5. The molecule has 47 heavy (non-hydrogen) atoms. The highest BCUT2D eigenvalue weighted by Gasteiger charge is 2.62. The van der Waals surface area contributed by atoms with Gasteiger partial charge in [-0.1, -0.05) is 121 Å². The third-order valence-corrected chi connectivity index (χ3v) is 9.08. The molecule has 0 amide bonds. The number of aliphatic hydroxyl groups excluding tert-OH is 2. The average Bonchev–Trinajstić information content (AvgIpc) is 3.46. The predicted molar refractivity (Wildman–Crippen MR) is 176 cm³/mol. The van der Waals surface area contributed by atoms with Crippen LogP contribution in [-0.4, -0.2) is 64.3 Å². The number of hydrogen-bond donors (Lipinski definition) is 3. The molecule has 2 fully saturated rings. The largest absolute Gasteiger partial charge is 0.390 e. The Morgan fingerprint density at radius 3 is 1.49 bits per heavy atom. The van der Waals surface area contributed by atoms with E-state index in [1.165, 1.54) is 0 Å². The van der Waals surface area contributed by atoms with Crippen LogP contribution >= 0.6 is 0 Å². The van der Waals surface area contributed by atoms with Gasteiger partial charge in [0, 0.05) is 5.92 Å². The minimum atomic E-state index is -2.03. The summed E-state index contributed by atoms with van der Waals surface area (Å²) < 4.78 is 32.7. The Kier molecular flexibility index (Phi) is 11.5. The van der Waals surface area contributed by atoms with Crippen LogP contribution < -0.4 is 0 Å². The molecule has 3 N–H and O–H groups in total. The molecule has 0 bridgehead atoms. The van der Waals surface area contributed by atoms with Crippen molar-refractivity contribution in [3.8, 4) is 0 Å². The summed E-state index contributed by atoms with van der Waals surface area (Å²) in [6.07, 6.45) is -4.99. The normalized spacial score (nSPS) is 29.1. The lowest BCUT2D eigenvalue weighted by Gasteiger charge is -2.53. The van der Waals surface area contributed by atoms with Crippen molar-refractivity contribution in [2.75, 3.05) is 6.61 Å². The van der Waals surface area contributed by atoms with Gasteiger partial charge in [0.15, 0.2) is 0 Å². The van der Waals surface area contributed by atoms with E-state index in [1.807, 2.05) is 121 Å². The van der Waals surface area contributed by atoms with Crippen molar-refractivity contribution in [2.45, 2.75) is 81.7 Å². The van der Waals surface area contributed by atoms with Crippen LogP contribution in [0.1, 0.15) is 35.1 Å². The third kappa shape index (κ3) is 8.35. The maximum absolute atomic E-state index is 12.6. The van der Waals surface area contributed by atoms with Crippen molar-refractivity contribution in [2.24, 2.45) is 5.92 Å². The second-order valence-corrected chi connectivity index (χ2v) is 12.4. The third-order valence-electron chi connectivity index (χ3n) is 9.08. The van der Waals surface area contributed by atoms with Crippen molar-refractivity contribution in [1.82, 2.24) is 0 Å². The van der Waals surface area contributed by atoms with Gasteiger partial charge in [-0.05, 0) is 35.1 Å². The van der Waals surface area contributed by atoms with E-state index in [1.54, 1.807) is 0 Å². The van der Waals surface area contributed by atoms with Gasteiger partial charge in [0.25, 0.3) is 0 Å². The van der Waals surface area contributed by atoms with Crippen LogP contribution in [0.5, 0.6) is 0 Å². The topological polar surface area (TPSA) is 107 Å². The molecule has 1 aliphatic heterocycles. The van der Waals surface area contributed by atoms with Gasteiger partial charge in [-0.25, -0.2) is 0 Å². The standard InChI is InChI=1S/C39H44O8/c40-33-22-21-32(35(33)41)39(42)38(46-26-31-19-11-4-12-20-31)37(45-25-30-17-9-3-10-18-30)36(44-24-29-15-7-2-8-16-29)34(47-39)27-43-23-28-13-5-1-6-14-28/h1-20,32-38,40-42H,21-27H2/t32?,33?,34-,35?,36-,37+,38-,39+/m1/s1. The molecule has 3 unspecified atom stereocenters. The summed E-state index contributed by atoms with van der Waals surface area (Å²) in [6.45, 7) is 1.07. The molecular formula is C39H44O8. The molecular weight excluding hydrogens is 596 g/mol. The number of ether oxygens (including phenoxy) is 5. The first-order chi connectivity index (χ1) is 23.0. The summed E-state index contributed by atoms with van der Waals surface area (Å²) in [4.78, 5) is 0. The minimum absolute atomic E-state index is 0.0820. The number of aliphatic hydroxyl groups is 3. The summed E-state index contributed by atoms with van der Waals surface area (Å²) >= 11 is 0. The Balaban J connectivity index is 1.35. The zero-order valence-corrected chi connectivity index (χ0v) is 26.4. The Labute approximate surface area is 276 Å². The fourth-order valence-electron chi connectivity index (χ4n) is 6.59. The first-order valence-electron chi connectivity index (χ1n) is 16.4. The molecule has 8 atom stereocenters. The summed E-state index contributed by atoms with van der Waals surface area (Å²) in [5.74, 6) is -2.87.